The van der Waals surface area contributed by atoms with Gasteiger partial charge in [0.15, 0.2) is 0 Å². The molecule has 0 atom stereocenters. The molecular formula is C11H11N3O3. The number of phenols is 1. The molecule has 0 spiro atoms. The molecule has 6 nitrogen and oxygen atoms in total. The number of aromatic nitrogens is 2. The molecule has 88 valence electrons. The van der Waals surface area contributed by atoms with Crippen LogP contribution in [0.3, 0.4) is 0 Å². The molecule has 0 saturated carbocycles. The minimum absolute atomic E-state index is 0.0874. The molecule has 1 saturated heterocycles. The van der Waals surface area contributed by atoms with Crippen molar-refractivity contribution in [3.05, 3.63) is 39.0 Å². The first kappa shape index (κ1) is 10.1. The summed E-state index contributed by atoms with van der Waals surface area (Å²) in [6.07, 6.45) is 0. The molecule has 2 aromatic rings. The first-order valence-corrected chi connectivity index (χ1v) is 5.35. The maximum Gasteiger partial charge on any atom is 0.329 e. The third kappa shape index (κ3) is 1.38. The van der Waals surface area contributed by atoms with Gasteiger partial charge in [0, 0.05) is 13.1 Å². The average Bonchev–Trinajstić information content (AvgIpc) is 2.23. The van der Waals surface area contributed by atoms with Gasteiger partial charge in [-0.25, -0.2) is 4.79 Å². The highest BCUT2D eigenvalue weighted by Crippen LogP contribution is 2.18. The summed E-state index contributed by atoms with van der Waals surface area (Å²) < 4.78 is 1.21. The Bertz CT molecular complexity index is 697. The highest BCUT2D eigenvalue weighted by Gasteiger charge is 2.23. The number of fused-ring (bicyclic) bond motifs is 1. The lowest BCUT2D eigenvalue weighted by atomic mass is 10.1. The molecule has 1 aliphatic rings. The summed E-state index contributed by atoms with van der Waals surface area (Å²) in [6.45, 7) is 1.24. The van der Waals surface area contributed by atoms with E-state index in [1.54, 1.807) is 12.1 Å². The molecule has 3 rings (SSSR count). The van der Waals surface area contributed by atoms with Crippen LogP contribution in [0.1, 0.15) is 6.04 Å². The van der Waals surface area contributed by atoms with Crippen molar-refractivity contribution in [3.8, 4) is 5.75 Å². The van der Waals surface area contributed by atoms with E-state index in [-0.39, 0.29) is 22.9 Å². The number of phenolic OH excluding ortho intramolecular Hbond substituents is 1. The number of hydrogen-bond acceptors (Lipinski definition) is 4. The standard InChI is InChI=1S/C11H11N3O3/c15-8-3-1-2-7-9(8)13-11(17)14(10(7)16)6-4-12-5-6/h1-3,6,12,15H,4-5H2,(H,13,17). The summed E-state index contributed by atoms with van der Waals surface area (Å²) >= 11 is 0. The van der Waals surface area contributed by atoms with Crippen molar-refractivity contribution in [1.29, 1.82) is 0 Å². The molecule has 2 heterocycles. The molecule has 1 fully saturated rings. The zero-order chi connectivity index (χ0) is 12.0. The third-order valence-electron chi connectivity index (χ3n) is 3.07. The molecule has 0 aliphatic carbocycles. The molecule has 0 radical (unpaired) electrons. The van der Waals surface area contributed by atoms with Gasteiger partial charge in [0.2, 0.25) is 0 Å². The maximum absolute atomic E-state index is 12.1. The van der Waals surface area contributed by atoms with Gasteiger partial charge in [-0.15, -0.1) is 0 Å². The molecule has 0 unspecified atom stereocenters. The summed E-state index contributed by atoms with van der Waals surface area (Å²) in [5.41, 5.74) is -0.632. The van der Waals surface area contributed by atoms with Gasteiger partial charge in [0.1, 0.15) is 5.75 Å². The SMILES string of the molecule is O=c1[nH]c2c(O)cccc2c(=O)n1C1CNC1. The van der Waals surface area contributed by atoms with E-state index in [0.717, 1.165) is 0 Å². The number of nitrogens with zero attached hydrogens (tertiary/aromatic N) is 1. The number of nitrogens with one attached hydrogen (secondary N) is 2. The molecule has 1 aromatic heterocycles. The molecule has 0 amide bonds. The Balaban J connectivity index is 2.39. The van der Waals surface area contributed by atoms with Crippen molar-refractivity contribution in [3.63, 3.8) is 0 Å². The first-order valence-electron chi connectivity index (χ1n) is 5.35. The van der Waals surface area contributed by atoms with Gasteiger partial charge >= 0.3 is 5.69 Å². The van der Waals surface area contributed by atoms with Crippen LogP contribution in [-0.2, 0) is 0 Å². The number of benzene rings is 1. The number of rotatable bonds is 1. The minimum Gasteiger partial charge on any atom is -0.506 e. The van der Waals surface area contributed by atoms with Crippen molar-refractivity contribution in [2.75, 3.05) is 13.1 Å². The van der Waals surface area contributed by atoms with Gasteiger partial charge < -0.3 is 15.4 Å². The van der Waals surface area contributed by atoms with Crippen LogP contribution in [0, 0.1) is 0 Å². The predicted octanol–water partition coefficient (Wildman–Crippen LogP) is -0.460. The van der Waals surface area contributed by atoms with Crippen LogP contribution in [-0.4, -0.2) is 27.7 Å². The fourth-order valence-electron chi connectivity index (χ4n) is 2.03. The summed E-state index contributed by atoms with van der Waals surface area (Å²) in [5.74, 6) is -0.0874. The fourth-order valence-corrected chi connectivity index (χ4v) is 2.03. The van der Waals surface area contributed by atoms with E-state index in [1.807, 2.05) is 0 Å². The summed E-state index contributed by atoms with van der Waals surface area (Å²) in [5, 5.41) is 12.9. The average molecular weight is 233 g/mol. The van der Waals surface area contributed by atoms with E-state index in [0.29, 0.717) is 18.5 Å². The smallest absolute Gasteiger partial charge is 0.329 e. The molecule has 0 bridgehead atoms. The maximum atomic E-state index is 12.1. The highest BCUT2D eigenvalue weighted by molar-refractivity contribution is 5.82. The summed E-state index contributed by atoms with van der Waals surface area (Å²) in [4.78, 5) is 26.5. The number of H-pyrrole nitrogens is 1. The summed E-state index contributed by atoms with van der Waals surface area (Å²) in [6, 6.07) is 4.52. The van der Waals surface area contributed by atoms with Gasteiger partial charge in [-0.05, 0) is 12.1 Å². The topological polar surface area (TPSA) is 87.1 Å². The number of aromatic hydroxyl groups is 1. The Hall–Kier alpha value is -2.08. The lowest BCUT2D eigenvalue weighted by Gasteiger charge is -2.28. The van der Waals surface area contributed by atoms with Crippen LogP contribution >= 0.6 is 0 Å². The van der Waals surface area contributed by atoms with Crippen molar-refractivity contribution in [2.45, 2.75) is 6.04 Å². The minimum atomic E-state index is -0.476. The largest absolute Gasteiger partial charge is 0.506 e. The third-order valence-corrected chi connectivity index (χ3v) is 3.07. The van der Waals surface area contributed by atoms with Gasteiger partial charge in [0.05, 0.1) is 16.9 Å². The molecule has 1 aromatic carbocycles. The molecule has 17 heavy (non-hydrogen) atoms. The van der Waals surface area contributed by atoms with Crippen molar-refractivity contribution in [1.82, 2.24) is 14.9 Å². The molecular weight excluding hydrogens is 222 g/mol. The Labute approximate surface area is 95.5 Å². The molecule has 3 N–H and O–H groups in total. The van der Waals surface area contributed by atoms with Crippen molar-refractivity contribution >= 4 is 10.9 Å². The van der Waals surface area contributed by atoms with Gasteiger partial charge in [-0.3, -0.25) is 9.36 Å². The molecule has 6 heteroatoms. The van der Waals surface area contributed by atoms with Crippen LogP contribution < -0.4 is 16.6 Å². The quantitative estimate of drug-likeness (QED) is 0.622. The lowest BCUT2D eigenvalue weighted by molar-refractivity contribution is 0.327. The van der Waals surface area contributed by atoms with E-state index in [2.05, 4.69) is 10.3 Å². The van der Waals surface area contributed by atoms with E-state index >= 15 is 0 Å². The number of aromatic amines is 1. The zero-order valence-corrected chi connectivity index (χ0v) is 8.93. The van der Waals surface area contributed by atoms with Crippen LogP contribution in [0.15, 0.2) is 27.8 Å². The zero-order valence-electron chi connectivity index (χ0n) is 8.93. The van der Waals surface area contributed by atoms with Gasteiger partial charge in [-0.1, -0.05) is 6.07 Å². The predicted molar refractivity (Wildman–Crippen MR) is 62.4 cm³/mol. The summed E-state index contributed by atoms with van der Waals surface area (Å²) in [7, 11) is 0. The Morgan fingerprint density at radius 1 is 1.29 bits per heavy atom. The number of hydrogen-bond donors (Lipinski definition) is 3. The normalized spacial score (nSPS) is 16.0. The Morgan fingerprint density at radius 2 is 2.06 bits per heavy atom. The van der Waals surface area contributed by atoms with E-state index < -0.39 is 5.69 Å². The molecule has 1 aliphatic heterocycles. The van der Waals surface area contributed by atoms with Crippen LogP contribution in [0.4, 0.5) is 0 Å². The second kappa shape index (κ2) is 3.46. The monoisotopic (exact) mass is 233 g/mol. The van der Waals surface area contributed by atoms with E-state index in [1.165, 1.54) is 10.6 Å². The van der Waals surface area contributed by atoms with E-state index in [4.69, 9.17) is 0 Å². The van der Waals surface area contributed by atoms with Gasteiger partial charge in [0.25, 0.3) is 5.56 Å². The fraction of sp³-hybridized carbons (Fsp3) is 0.273. The van der Waals surface area contributed by atoms with Crippen LogP contribution in [0.2, 0.25) is 0 Å². The second-order valence-electron chi connectivity index (χ2n) is 4.12. The second-order valence-corrected chi connectivity index (χ2v) is 4.12. The van der Waals surface area contributed by atoms with Crippen molar-refractivity contribution in [2.24, 2.45) is 0 Å². The van der Waals surface area contributed by atoms with E-state index in [9.17, 15) is 14.7 Å². The van der Waals surface area contributed by atoms with Crippen LogP contribution in [0.25, 0.3) is 10.9 Å². The highest BCUT2D eigenvalue weighted by atomic mass is 16.3. The Morgan fingerprint density at radius 3 is 2.71 bits per heavy atom. The van der Waals surface area contributed by atoms with Crippen molar-refractivity contribution < 1.29 is 5.11 Å². The first-order chi connectivity index (χ1) is 8.18. The Kier molecular flexibility index (Phi) is 2.05. The lowest BCUT2D eigenvalue weighted by Crippen LogP contribution is -2.51. The number of para-hydroxylation sites is 1. The van der Waals surface area contributed by atoms with Crippen LogP contribution in [0.5, 0.6) is 5.75 Å². The van der Waals surface area contributed by atoms with Gasteiger partial charge in [-0.2, -0.15) is 0 Å².